The van der Waals surface area contributed by atoms with Gasteiger partial charge in [0.2, 0.25) is 0 Å². The van der Waals surface area contributed by atoms with Crippen LogP contribution in [0.2, 0.25) is 0 Å². The number of thiazole rings is 1. The highest BCUT2D eigenvalue weighted by Gasteiger charge is 2.32. The number of nitrogens with zero attached hydrogens (tertiary/aromatic N) is 2. The van der Waals surface area contributed by atoms with Crippen molar-refractivity contribution in [3.8, 4) is 5.75 Å². The highest BCUT2D eigenvalue weighted by atomic mass is 32.1. The molecule has 1 aromatic heterocycles. The molecule has 6 heteroatoms. The molecule has 0 amide bonds. The van der Waals surface area contributed by atoms with Crippen LogP contribution >= 0.6 is 11.3 Å². The van der Waals surface area contributed by atoms with Crippen molar-refractivity contribution in [1.29, 1.82) is 0 Å². The summed E-state index contributed by atoms with van der Waals surface area (Å²) in [4.78, 5) is 19.8. The first-order valence-corrected chi connectivity index (χ1v) is 15.5. The summed E-state index contributed by atoms with van der Waals surface area (Å²) < 4.78 is 22.5. The van der Waals surface area contributed by atoms with Crippen LogP contribution < -0.4 is 19.6 Å². The highest BCUT2D eigenvalue weighted by molar-refractivity contribution is 7.07. The number of aromatic nitrogens is 1. The van der Waals surface area contributed by atoms with Crippen molar-refractivity contribution in [1.82, 2.24) is 4.57 Å². The van der Waals surface area contributed by atoms with Crippen molar-refractivity contribution in [2.45, 2.75) is 25.5 Å². The number of rotatable bonds is 5. The number of halogens is 1. The van der Waals surface area contributed by atoms with Gasteiger partial charge in [-0.15, -0.1) is 0 Å². The average molecular weight is 595 g/mol. The lowest BCUT2D eigenvalue weighted by Crippen LogP contribution is -2.38. The van der Waals surface area contributed by atoms with E-state index in [1.165, 1.54) is 39.8 Å². The summed E-state index contributed by atoms with van der Waals surface area (Å²) >= 11 is 1.39. The standard InChI is InChI=1S/C38H27FN2O2S/c39-29-18-15-27(16-19-29)36-33-20-17-26-9-2-4-14-32(26)35(33)40-38-41(36)37(42)34(44-38)22-24-7-5-12-30(21-24)43-23-28-11-6-10-25-8-1-3-13-31(25)28/h1-16,18-19,21-22,36H,17,20,23H2/b34-22+/t36-/m0/s1. The zero-order valence-corrected chi connectivity index (χ0v) is 24.6. The second-order valence-corrected chi connectivity index (χ2v) is 12.2. The van der Waals surface area contributed by atoms with Gasteiger partial charge in [-0.25, -0.2) is 9.38 Å². The number of ether oxygens (including phenoxy) is 1. The zero-order chi connectivity index (χ0) is 29.6. The van der Waals surface area contributed by atoms with E-state index in [9.17, 15) is 9.18 Å². The Kier molecular flexibility index (Phi) is 6.57. The Morgan fingerprint density at radius 2 is 1.68 bits per heavy atom. The van der Waals surface area contributed by atoms with Crippen molar-refractivity contribution in [2.75, 3.05) is 0 Å². The second kappa shape index (κ2) is 10.9. The minimum atomic E-state index is -0.340. The molecule has 0 saturated carbocycles. The van der Waals surface area contributed by atoms with Crippen molar-refractivity contribution >= 4 is 33.9 Å². The predicted octanol–water partition coefficient (Wildman–Crippen LogP) is 7.19. The molecule has 0 unspecified atom stereocenters. The number of fused-ring (bicyclic) bond motifs is 4. The van der Waals surface area contributed by atoms with E-state index in [4.69, 9.17) is 9.73 Å². The van der Waals surface area contributed by atoms with E-state index in [-0.39, 0.29) is 17.4 Å². The van der Waals surface area contributed by atoms with Gasteiger partial charge in [-0.3, -0.25) is 9.36 Å². The normalized spacial score (nSPS) is 15.8. The molecule has 2 heterocycles. The van der Waals surface area contributed by atoms with E-state index in [2.05, 4.69) is 42.5 Å². The fraction of sp³-hybridized carbons (Fsp3) is 0.105. The summed E-state index contributed by atoms with van der Waals surface area (Å²) in [6.07, 6.45) is 3.57. The first-order chi connectivity index (χ1) is 21.6. The number of hydrogen-bond donors (Lipinski definition) is 0. The molecule has 5 aromatic carbocycles. The largest absolute Gasteiger partial charge is 0.489 e. The number of hydrogen-bond acceptors (Lipinski definition) is 4. The molecule has 2 aliphatic rings. The fourth-order valence-corrected chi connectivity index (χ4v) is 7.39. The van der Waals surface area contributed by atoms with Gasteiger partial charge >= 0.3 is 0 Å². The molecule has 1 atom stereocenters. The van der Waals surface area contributed by atoms with Crippen LogP contribution in [0.25, 0.3) is 22.5 Å². The van der Waals surface area contributed by atoms with Gasteiger partial charge in [0.05, 0.1) is 16.3 Å². The summed E-state index contributed by atoms with van der Waals surface area (Å²) in [5.74, 6) is 0.433. The van der Waals surface area contributed by atoms with Gasteiger partial charge in [-0.05, 0) is 81.8 Å². The monoisotopic (exact) mass is 594 g/mol. The Morgan fingerprint density at radius 3 is 2.59 bits per heavy atom. The van der Waals surface area contributed by atoms with Crippen LogP contribution in [0.4, 0.5) is 4.39 Å². The van der Waals surface area contributed by atoms with Crippen LogP contribution in [0, 0.1) is 5.82 Å². The van der Waals surface area contributed by atoms with Gasteiger partial charge in [-0.2, -0.15) is 0 Å². The van der Waals surface area contributed by atoms with E-state index in [0.717, 1.165) is 52.1 Å². The SMILES string of the molecule is O=c1/c(=C\c2cccc(OCc3cccc4ccccc34)c2)sc2n1[C@@H](c1ccc(F)cc1)C1=C(N=2)c2ccccc2CC1. The molecule has 0 bridgehead atoms. The summed E-state index contributed by atoms with van der Waals surface area (Å²) in [5, 5.41) is 2.36. The van der Waals surface area contributed by atoms with Gasteiger partial charge in [0, 0.05) is 5.56 Å². The lowest BCUT2D eigenvalue weighted by atomic mass is 9.83. The average Bonchev–Trinajstić information content (AvgIpc) is 3.37. The van der Waals surface area contributed by atoms with Crippen LogP contribution in [0.15, 0.2) is 131 Å². The Bertz CT molecular complexity index is 2280. The molecular weight excluding hydrogens is 567 g/mol. The lowest BCUT2D eigenvalue weighted by Gasteiger charge is -2.30. The smallest absolute Gasteiger partial charge is 0.271 e. The molecule has 0 fully saturated rings. The third-order valence-corrected chi connectivity index (χ3v) is 9.47. The van der Waals surface area contributed by atoms with E-state index < -0.39 is 0 Å². The van der Waals surface area contributed by atoms with Crippen LogP contribution in [0.3, 0.4) is 0 Å². The molecule has 0 N–H and O–H groups in total. The molecule has 0 radical (unpaired) electrons. The number of benzene rings is 5. The molecule has 214 valence electrons. The molecule has 1 aliphatic heterocycles. The molecule has 4 nitrogen and oxygen atoms in total. The summed E-state index contributed by atoms with van der Waals surface area (Å²) in [5.41, 5.74) is 7.16. The first kappa shape index (κ1) is 26.5. The van der Waals surface area contributed by atoms with Crippen LogP contribution in [0.5, 0.6) is 5.75 Å². The quantitative estimate of drug-likeness (QED) is 0.212. The van der Waals surface area contributed by atoms with Crippen molar-refractivity contribution in [3.63, 3.8) is 0 Å². The van der Waals surface area contributed by atoms with Crippen molar-refractivity contribution < 1.29 is 9.13 Å². The second-order valence-electron chi connectivity index (χ2n) is 11.2. The van der Waals surface area contributed by atoms with Gasteiger partial charge < -0.3 is 4.74 Å². The van der Waals surface area contributed by atoms with Crippen molar-refractivity contribution in [3.05, 3.63) is 174 Å². The molecular formula is C38H27FN2O2S. The maximum Gasteiger partial charge on any atom is 0.271 e. The van der Waals surface area contributed by atoms with Crippen LogP contribution in [-0.2, 0) is 13.0 Å². The first-order valence-electron chi connectivity index (χ1n) is 14.7. The maximum absolute atomic E-state index is 14.1. The molecule has 0 spiro atoms. The van der Waals surface area contributed by atoms with Crippen molar-refractivity contribution in [2.24, 2.45) is 4.99 Å². The fourth-order valence-electron chi connectivity index (χ4n) is 6.39. The highest BCUT2D eigenvalue weighted by Crippen LogP contribution is 2.41. The number of aryl methyl sites for hydroxylation is 1. The summed E-state index contributed by atoms with van der Waals surface area (Å²) in [7, 11) is 0. The molecule has 6 aromatic rings. The zero-order valence-electron chi connectivity index (χ0n) is 23.7. The molecule has 44 heavy (non-hydrogen) atoms. The third-order valence-electron chi connectivity index (χ3n) is 8.49. The van der Waals surface area contributed by atoms with Gasteiger partial charge in [0.1, 0.15) is 18.2 Å². The van der Waals surface area contributed by atoms with Gasteiger partial charge in [0.25, 0.3) is 5.56 Å². The lowest BCUT2D eigenvalue weighted by molar-refractivity contribution is 0.307. The summed E-state index contributed by atoms with van der Waals surface area (Å²) in [6, 6.07) is 36.8. The van der Waals surface area contributed by atoms with E-state index in [1.807, 2.05) is 54.6 Å². The number of allylic oxidation sites excluding steroid dienone is 1. The molecule has 1 aliphatic carbocycles. The van der Waals surface area contributed by atoms with E-state index in [1.54, 1.807) is 16.7 Å². The Morgan fingerprint density at radius 1 is 0.886 bits per heavy atom. The third kappa shape index (κ3) is 4.68. The predicted molar refractivity (Wildman–Crippen MR) is 174 cm³/mol. The molecule has 0 saturated heterocycles. The minimum Gasteiger partial charge on any atom is -0.489 e. The van der Waals surface area contributed by atoms with Gasteiger partial charge in [-0.1, -0.05) is 102 Å². The van der Waals surface area contributed by atoms with E-state index in [0.29, 0.717) is 15.9 Å². The summed E-state index contributed by atoms with van der Waals surface area (Å²) in [6.45, 7) is 0.442. The molecule has 8 rings (SSSR count). The Balaban J connectivity index is 1.19. The van der Waals surface area contributed by atoms with Gasteiger partial charge in [0.15, 0.2) is 4.80 Å². The Labute approximate surface area is 257 Å². The van der Waals surface area contributed by atoms with E-state index >= 15 is 0 Å². The maximum atomic E-state index is 14.1. The Hall–Kier alpha value is -5.07. The minimum absolute atomic E-state index is 0.101. The van der Waals surface area contributed by atoms with Crippen LogP contribution in [-0.4, -0.2) is 4.57 Å². The van der Waals surface area contributed by atoms with Crippen LogP contribution in [0.1, 0.15) is 40.3 Å². The topological polar surface area (TPSA) is 43.6 Å².